The van der Waals surface area contributed by atoms with Gasteiger partial charge in [-0.15, -0.1) is 0 Å². The molecule has 1 saturated carbocycles. The molecule has 1 unspecified atom stereocenters. The summed E-state index contributed by atoms with van der Waals surface area (Å²) in [4.78, 5) is 0. The maximum Gasteiger partial charge on any atom is 0.0644 e. The zero-order valence-electron chi connectivity index (χ0n) is 13.3. The van der Waals surface area contributed by atoms with E-state index in [0.29, 0.717) is 6.04 Å². The van der Waals surface area contributed by atoms with Crippen molar-refractivity contribution in [1.29, 1.82) is 0 Å². The molecule has 0 amide bonds. The summed E-state index contributed by atoms with van der Waals surface area (Å²) in [6.45, 7) is 9.07. The number of nitrogens with one attached hydrogen (secondary N) is 1. The maximum atomic E-state index is 5.90. The predicted molar refractivity (Wildman–Crippen MR) is 80.6 cm³/mol. The van der Waals surface area contributed by atoms with Crippen LogP contribution in [0, 0.1) is 5.92 Å². The maximum absolute atomic E-state index is 5.90. The van der Waals surface area contributed by atoms with Gasteiger partial charge in [-0.1, -0.05) is 26.2 Å². The van der Waals surface area contributed by atoms with Gasteiger partial charge in [0.1, 0.15) is 0 Å². The van der Waals surface area contributed by atoms with E-state index in [1.54, 1.807) is 7.11 Å². The monoisotopic (exact) mass is 271 g/mol. The second-order valence-corrected chi connectivity index (χ2v) is 6.35. The van der Waals surface area contributed by atoms with Crippen LogP contribution in [0.25, 0.3) is 0 Å². The van der Waals surface area contributed by atoms with Crippen molar-refractivity contribution < 1.29 is 9.47 Å². The van der Waals surface area contributed by atoms with E-state index in [9.17, 15) is 0 Å². The number of likely N-dealkylation sites (N-methyl/N-ethyl adjacent to an activating group) is 1. The molecule has 1 atom stereocenters. The quantitative estimate of drug-likeness (QED) is 0.652. The summed E-state index contributed by atoms with van der Waals surface area (Å²) in [7, 11) is 1.77. The van der Waals surface area contributed by atoms with Crippen LogP contribution in [-0.4, -0.2) is 38.5 Å². The van der Waals surface area contributed by atoms with Crippen LogP contribution < -0.4 is 5.32 Å². The number of ether oxygens (including phenoxy) is 2. The van der Waals surface area contributed by atoms with Gasteiger partial charge in [0.15, 0.2) is 0 Å². The lowest BCUT2D eigenvalue weighted by Crippen LogP contribution is -2.41. The van der Waals surface area contributed by atoms with Gasteiger partial charge in [0.05, 0.1) is 12.2 Å². The molecule has 1 fully saturated rings. The second kappa shape index (κ2) is 8.93. The first-order valence-corrected chi connectivity index (χ1v) is 7.95. The Morgan fingerprint density at radius 3 is 2.47 bits per heavy atom. The van der Waals surface area contributed by atoms with Gasteiger partial charge in [0.25, 0.3) is 0 Å². The molecule has 0 radical (unpaired) electrons. The van der Waals surface area contributed by atoms with Gasteiger partial charge in [0, 0.05) is 19.8 Å². The van der Waals surface area contributed by atoms with Crippen LogP contribution in [0.5, 0.6) is 0 Å². The van der Waals surface area contributed by atoms with Crippen molar-refractivity contribution in [3.05, 3.63) is 0 Å². The van der Waals surface area contributed by atoms with Crippen molar-refractivity contribution in [2.45, 2.75) is 70.9 Å². The third-order valence-corrected chi connectivity index (χ3v) is 4.38. The fourth-order valence-corrected chi connectivity index (χ4v) is 2.79. The summed E-state index contributed by atoms with van der Waals surface area (Å²) < 4.78 is 11.3. The highest BCUT2D eigenvalue weighted by Crippen LogP contribution is 2.26. The third-order valence-electron chi connectivity index (χ3n) is 4.38. The Labute approximate surface area is 119 Å². The third kappa shape index (κ3) is 6.73. The Kier molecular flexibility index (Phi) is 7.96. The molecule has 0 aromatic heterocycles. The average molecular weight is 271 g/mol. The van der Waals surface area contributed by atoms with E-state index >= 15 is 0 Å². The van der Waals surface area contributed by atoms with Crippen LogP contribution in [0.4, 0.5) is 0 Å². The van der Waals surface area contributed by atoms with Gasteiger partial charge in [-0.05, 0) is 45.6 Å². The molecular weight excluding hydrogens is 238 g/mol. The van der Waals surface area contributed by atoms with Gasteiger partial charge in [0.2, 0.25) is 0 Å². The zero-order valence-corrected chi connectivity index (χ0v) is 13.3. The van der Waals surface area contributed by atoms with Gasteiger partial charge >= 0.3 is 0 Å². The van der Waals surface area contributed by atoms with Gasteiger partial charge in [-0.3, -0.25) is 0 Å². The number of methoxy groups -OCH3 is 1. The number of hydrogen-bond donors (Lipinski definition) is 1. The highest BCUT2D eigenvalue weighted by molar-refractivity contribution is 4.79. The molecule has 3 nitrogen and oxygen atoms in total. The largest absolute Gasteiger partial charge is 0.380 e. The molecule has 0 aliphatic heterocycles. The molecule has 1 N–H and O–H groups in total. The first kappa shape index (κ1) is 16.9. The Bertz CT molecular complexity index is 225. The van der Waals surface area contributed by atoms with Crippen molar-refractivity contribution in [2.24, 2.45) is 5.92 Å². The van der Waals surface area contributed by atoms with Crippen LogP contribution in [0.2, 0.25) is 0 Å². The van der Waals surface area contributed by atoms with Crippen LogP contribution in [0.3, 0.4) is 0 Å². The molecule has 0 aromatic carbocycles. The van der Waals surface area contributed by atoms with Crippen molar-refractivity contribution in [2.75, 3.05) is 26.9 Å². The summed E-state index contributed by atoms with van der Waals surface area (Å²) in [5.41, 5.74) is -0.0709. The second-order valence-electron chi connectivity index (χ2n) is 6.35. The molecule has 0 aromatic rings. The van der Waals surface area contributed by atoms with Gasteiger partial charge < -0.3 is 14.8 Å². The topological polar surface area (TPSA) is 30.5 Å². The smallest absolute Gasteiger partial charge is 0.0644 e. The average Bonchev–Trinajstić information content (AvgIpc) is 2.43. The van der Waals surface area contributed by atoms with E-state index in [4.69, 9.17) is 9.47 Å². The highest BCUT2D eigenvalue weighted by atomic mass is 16.5. The molecular formula is C16H33NO2. The van der Waals surface area contributed by atoms with E-state index < -0.39 is 0 Å². The molecule has 0 spiro atoms. The van der Waals surface area contributed by atoms with E-state index in [0.717, 1.165) is 32.1 Å². The molecule has 1 aliphatic rings. The summed E-state index contributed by atoms with van der Waals surface area (Å²) in [5, 5.41) is 3.61. The van der Waals surface area contributed by atoms with E-state index in [-0.39, 0.29) is 5.60 Å². The lowest BCUT2D eigenvalue weighted by Gasteiger charge is -2.31. The lowest BCUT2D eigenvalue weighted by atomic mass is 9.84. The first-order valence-electron chi connectivity index (χ1n) is 7.95. The van der Waals surface area contributed by atoms with Crippen molar-refractivity contribution >= 4 is 0 Å². The summed E-state index contributed by atoms with van der Waals surface area (Å²) >= 11 is 0. The molecule has 19 heavy (non-hydrogen) atoms. The van der Waals surface area contributed by atoms with Crippen molar-refractivity contribution in [1.82, 2.24) is 5.32 Å². The fourth-order valence-electron chi connectivity index (χ4n) is 2.79. The molecule has 3 heteroatoms. The number of rotatable bonds is 9. The minimum atomic E-state index is -0.0709. The Hall–Kier alpha value is -0.120. The van der Waals surface area contributed by atoms with Crippen LogP contribution in [0.1, 0.15) is 59.3 Å². The Morgan fingerprint density at radius 2 is 1.89 bits per heavy atom. The predicted octanol–water partition coefficient (Wildman–Crippen LogP) is 3.38. The summed E-state index contributed by atoms with van der Waals surface area (Å²) in [5.74, 6) is 0.809. The Morgan fingerprint density at radius 1 is 1.21 bits per heavy atom. The normalized spacial score (nSPS) is 19.6. The van der Waals surface area contributed by atoms with Crippen molar-refractivity contribution in [3.63, 3.8) is 0 Å². The van der Waals surface area contributed by atoms with E-state index in [1.807, 2.05) is 0 Å². The fraction of sp³-hybridized carbons (Fsp3) is 1.00. The molecule has 0 heterocycles. The molecule has 114 valence electrons. The van der Waals surface area contributed by atoms with Gasteiger partial charge in [-0.25, -0.2) is 0 Å². The Balaban J connectivity index is 2.25. The van der Waals surface area contributed by atoms with Crippen LogP contribution in [-0.2, 0) is 9.47 Å². The van der Waals surface area contributed by atoms with Crippen molar-refractivity contribution in [3.8, 4) is 0 Å². The number of hydrogen-bond acceptors (Lipinski definition) is 3. The van der Waals surface area contributed by atoms with Crippen LogP contribution >= 0.6 is 0 Å². The molecule has 1 aliphatic carbocycles. The van der Waals surface area contributed by atoms with E-state index in [1.165, 1.54) is 32.1 Å². The SMILES string of the molecule is CCNC(COCCC(C)(C)OC)C1CCCCC1. The van der Waals surface area contributed by atoms with E-state index in [2.05, 4.69) is 26.1 Å². The summed E-state index contributed by atoms with van der Waals surface area (Å²) in [6.07, 6.45) is 7.88. The van der Waals surface area contributed by atoms with Gasteiger partial charge in [-0.2, -0.15) is 0 Å². The molecule has 1 rings (SSSR count). The summed E-state index contributed by atoms with van der Waals surface area (Å²) in [6, 6.07) is 0.538. The minimum absolute atomic E-state index is 0.0709. The lowest BCUT2D eigenvalue weighted by molar-refractivity contribution is -0.0150. The molecule has 0 saturated heterocycles. The minimum Gasteiger partial charge on any atom is -0.380 e. The molecule has 0 bridgehead atoms. The standard InChI is InChI=1S/C16H33NO2/c1-5-17-15(14-9-7-6-8-10-14)13-19-12-11-16(2,3)18-4/h14-15,17H,5-13H2,1-4H3. The zero-order chi connectivity index (χ0) is 14.1. The first-order chi connectivity index (χ1) is 9.09. The highest BCUT2D eigenvalue weighted by Gasteiger charge is 2.23. The van der Waals surface area contributed by atoms with Crippen LogP contribution in [0.15, 0.2) is 0 Å².